The van der Waals surface area contributed by atoms with Crippen molar-refractivity contribution >= 4 is 5.97 Å². The average Bonchev–Trinajstić information content (AvgIpc) is 2.44. The van der Waals surface area contributed by atoms with Crippen molar-refractivity contribution in [3.05, 3.63) is 34.9 Å². The molecule has 104 valence electrons. The van der Waals surface area contributed by atoms with Gasteiger partial charge in [0.15, 0.2) is 6.10 Å². The summed E-state index contributed by atoms with van der Waals surface area (Å²) in [5.41, 5.74) is 4.10. The van der Waals surface area contributed by atoms with E-state index < -0.39 is 12.1 Å². The second-order valence-corrected chi connectivity index (χ2v) is 5.12. The summed E-state index contributed by atoms with van der Waals surface area (Å²) >= 11 is 0. The van der Waals surface area contributed by atoms with E-state index in [2.05, 4.69) is 18.2 Å². The Bertz CT molecular complexity index is 440. The third-order valence-corrected chi connectivity index (χ3v) is 3.68. The van der Waals surface area contributed by atoms with Crippen molar-refractivity contribution in [3.8, 4) is 0 Å². The van der Waals surface area contributed by atoms with Crippen LogP contribution in [0.4, 0.5) is 0 Å². The summed E-state index contributed by atoms with van der Waals surface area (Å²) in [6.45, 7) is 2.06. The monoisotopic (exact) mass is 262 g/mol. The predicted octanol–water partition coefficient (Wildman–Crippen LogP) is 2.42. The Morgan fingerprint density at radius 1 is 1.32 bits per heavy atom. The molecule has 0 saturated heterocycles. The van der Waals surface area contributed by atoms with Crippen molar-refractivity contribution in [1.29, 1.82) is 0 Å². The number of carbonyl (C=O) groups excluding carboxylic acids is 1. The molecular weight excluding hydrogens is 240 g/mol. The van der Waals surface area contributed by atoms with E-state index in [9.17, 15) is 9.90 Å². The van der Waals surface area contributed by atoms with Gasteiger partial charge in [-0.2, -0.15) is 0 Å². The number of hydrogen-bond donors (Lipinski definition) is 1. The molecule has 0 amide bonds. The summed E-state index contributed by atoms with van der Waals surface area (Å²) in [5, 5.41) is 9.67. The minimum Gasteiger partial charge on any atom is -0.464 e. The molecule has 0 heterocycles. The number of aliphatic hydroxyl groups is 1. The molecule has 1 atom stereocenters. The molecule has 1 aromatic carbocycles. The van der Waals surface area contributed by atoms with E-state index >= 15 is 0 Å². The fraction of sp³-hybridized carbons (Fsp3) is 0.562. The zero-order valence-electron chi connectivity index (χ0n) is 11.5. The van der Waals surface area contributed by atoms with Gasteiger partial charge in [0.25, 0.3) is 0 Å². The maximum Gasteiger partial charge on any atom is 0.334 e. The first-order valence-corrected chi connectivity index (χ1v) is 7.16. The van der Waals surface area contributed by atoms with Crippen LogP contribution >= 0.6 is 0 Å². The number of esters is 1. The van der Waals surface area contributed by atoms with Crippen molar-refractivity contribution in [2.75, 3.05) is 6.61 Å². The molecule has 3 heteroatoms. The summed E-state index contributed by atoms with van der Waals surface area (Å²) in [4.78, 5) is 11.3. The lowest BCUT2D eigenvalue weighted by Gasteiger charge is -2.17. The number of hydrogen-bond acceptors (Lipinski definition) is 3. The van der Waals surface area contributed by atoms with Crippen LogP contribution in [0.2, 0.25) is 0 Å². The molecular formula is C16H22O3. The van der Waals surface area contributed by atoms with Gasteiger partial charge in [0, 0.05) is 0 Å². The summed E-state index contributed by atoms with van der Waals surface area (Å²) in [5.74, 6) is -0.513. The lowest BCUT2D eigenvalue weighted by atomic mass is 9.89. The Morgan fingerprint density at radius 2 is 2.05 bits per heavy atom. The first kappa shape index (κ1) is 14.1. The van der Waals surface area contributed by atoms with Crippen molar-refractivity contribution in [3.63, 3.8) is 0 Å². The fourth-order valence-electron chi connectivity index (χ4n) is 2.60. The SMILES string of the molecule is CCOC(=O)C(O)CCc1ccc2c(c1)CCCC2. The molecule has 1 N–H and O–H groups in total. The van der Waals surface area contributed by atoms with Gasteiger partial charge in [0.2, 0.25) is 0 Å². The van der Waals surface area contributed by atoms with Crippen molar-refractivity contribution in [2.24, 2.45) is 0 Å². The van der Waals surface area contributed by atoms with Crippen LogP contribution in [0.5, 0.6) is 0 Å². The van der Waals surface area contributed by atoms with Crippen molar-refractivity contribution in [1.82, 2.24) is 0 Å². The molecule has 0 radical (unpaired) electrons. The average molecular weight is 262 g/mol. The van der Waals surface area contributed by atoms with Gasteiger partial charge in [-0.3, -0.25) is 0 Å². The van der Waals surface area contributed by atoms with E-state index in [-0.39, 0.29) is 0 Å². The number of ether oxygens (including phenoxy) is 1. The zero-order chi connectivity index (χ0) is 13.7. The molecule has 1 unspecified atom stereocenters. The molecule has 0 fully saturated rings. The van der Waals surface area contributed by atoms with Crippen LogP contribution in [-0.4, -0.2) is 23.8 Å². The van der Waals surface area contributed by atoms with Gasteiger partial charge in [-0.05, 0) is 62.1 Å². The van der Waals surface area contributed by atoms with E-state index in [0.717, 1.165) is 6.42 Å². The van der Waals surface area contributed by atoms with E-state index in [0.29, 0.717) is 19.4 Å². The van der Waals surface area contributed by atoms with Crippen LogP contribution in [0.3, 0.4) is 0 Å². The third-order valence-electron chi connectivity index (χ3n) is 3.68. The van der Waals surface area contributed by atoms with E-state index in [1.807, 2.05) is 0 Å². The fourth-order valence-corrected chi connectivity index (χ4v) is 2.60. The largest absolute Gasteiger partial charge is 0.464 e. The number of rotatable bonds is 5. The number of fused-ring (bicyclic) bond motifs is 1. The Hall–Kier alpha value is -1.35. The first-order valence-electron chi connectivity index (χ1n) is 7.16. The third kappa shape index (κ3) is 3.80. The van der Waals surface area contributed by atoms with Crippen molar-refractivity contribution in [2.45, 2.75) is 51.6 Å². The first-order chi connectivity index (χ1) is 9.20. The van der Waals surface area contributed by atoms with Gasteiger partial charge in [-0.15, -0.1) is 0 Å². The minimum absolute atomic E-state index is 0.314. The molecule has 2 rings (SSSR count). The molecule has 0 spiro atoms. The van der Waals surface area contributed by atoms with Gasteiger partial charge >= 0.3 is 5.97 Å². The van der Waals surface area contributed by atoms with Gasteiger partial charge in [0.05, 0.1) is 6.61 Å². The van der Waals surface area contributed by atoms with E-state index in [4.69, 9.17) is 4.74 Å². The molecule has 0 aromatic heterocycles. The summed E-state index contributed by atoms with van der Waals surface area (Å²) in [6, 6.07) is 6.54. The quantitative estimate of drug-likeness (QED) is 0.829. The summed E-state index contributed by atoms with van der Waals surface area (Å²) in [7, 11) is 0. The highest BCUT2D eigenvalue weighted by Gasteiger charge is 2.16. The highest BCUT2D eigenvalue weighted by Crippen LogP contribution is 2.22. The normalized spacial score (nSPS) is 15.7. The maximum absolute atomic E-state index is 11.3. The lowest BCUT2D eigenvalue weighted by molar-refractivity contribution is -0.153. The molecule has 0 bridgehead atoms. The summed E-state index contributed by atoms with van der Waals surface area (Å²) in [6.07, 6.45) is 5.03. The second kappa shape index (κ2) is 6.71. The van der Waals surface area contributed by atoms with Crippen LogP contribution in [0.25, 0.3) is 0 Å². The lowest BCUT2D eigenvalue weighted by Crippen LogP contribution is -2.23. The van der Waals surface area contributed by atoms with Crippen LogP contribution in [0.1, 0.15) is 42.9 Å². The predicted molar refractivity (Wildman–Crippen MR) is 74.0 cm³/mol. The van der Waals surface area contributed by atoms with E-state index in [1.54, 1.807) is 6.92 Å². The summed E-state index contributed by atoms with van der Waals surface area (Å²) < 4.78 is 4.79. The van der Waals surface area contributed by atoms with Gasteiger partial charge in [-0.1, -0.05) is 18.2 Å². The number of carbonyl (C=O) groups is 1. The number of aryl methyl sites for hydroxylation is 3. The molecule has 1 aliphatic rings. The topological polar surface area (TPSA) is 46.5 Å². The Balaban J connectivity index is 1.91. The van der Waals surface area contributed by atoms with Gasteiger partial charge in [-0.25, -0.2) is 4.79 Å². The zero-order valence-corrected chi connectivity index (χ0v) is 11.5. The van der Waals surface area contributed by atoms with E-state index in [1.165, 1.54) is 36.0 Å². The smallest absolute Gasteiger partial charge is 0.334 e. The Labute approximate surface area is 114 Å². The highest BCUT2D eigenvalue weighted by atomic mass is 16.5. The Kier molecular flexibility index (Phi) is 4.97. The van der Waals surface area contributed by atoms with Crippen molar-refractivity contribution < 1.29 is 14.6 Å². The standard InChI is InChI=1S/C16H22O3/c1-2-19-16(18)15(17)10-8-12-7-9-13-5-3-4-6-14(13)11-12/h7,9,11,15,17H,2-6,8,10H2,1H3. The molecule has 1 aliphatic carbocycles. The highest BCUT2D eigenvalue weighted by molar-refractivity contribution is 5.74. The number of aliphatic hydroxyl groups excluding tert-OH is 1. The van der Waals surface area contributed by atoms with Crippen LogP contribution in [0, 0.1) is 0 Å². The van der Waals surface area contributed by atoms with Crippen LogP contribution in [0.15, 0.2) is 18.2 Å². The Morgan fingerprint density at radius 3 is 2.79 bits per heavy atom. The second-order valence-electron chi connectivity index (χ2n) is 5.12. The van der Waals surface area contributed by atoms with Gasteiger partial charge in [0.1, 0.15) is 0 Å². The van der Waals surface area contributed by atoms with Crippen LogP contribution < -0.4 is 0 Å². The maximum atomic E-state index is 11.3. The van der Waals surface area contributed by atoms with Crippen LogP contribution in [-0.2, 0) is 28.8 Å². The molecule has 0 saturated carbocycles. The number of benzene rings is 1. The molecule has 0 aliphatic heterocycles. The molecule has 1 aromatic rings. The molecule has 19 heavy (non-hydrogen) atoms. The van der Waals surface area contributed by atoms with Gasteiger partial charge < -0.3 is 9.84 Å². The minimum atomic E-state index is -1.00. The molecule has 3 nitrogen and oxygen atoms in total.